The third kappa shape index (κ3) is 3.71. The zero-order valence-electron chi connectivity index (χ0n) is 10.7. The lowest BCUT2D eigenvalue weighted by molar-refractivity contribution is -0.122. The highest BCUT2D eigenvalue weighted by Gasteiger charge is 2.23. The van der Waals surface area contributed by atoms with Crippen LogP contribution in [0, 0.1) is 0 Å². The maximum Gasteiger partial charge on any atom is 0.293 e. The fraction of sp³-hybridized carbons (Fsp3) is 0.700. The summed E-state index contributed by atoms with van der Waals surface area (Å²) in [6, 6.07) is 0.0898. The summed E-state index contributed by atoms with van der Waals surface area (Å²) in [6.45, 7) is 1.97. The number of piperidine rings is 1. The topological polar surface area (TPSA) is 116 Å². The van der Waals surface area contributed by atoms with Crippen LogP contribution in [0.5, 0.6) is 0 Å². The molecule has 104 valence electrons. The van der Waals surface area contributed by atoms with E-state index >= 15 is 0 Å². The molecule has 1 saturated heterocycles. The number of amides is 2. The standard InChI is InChI=1S/C10H17N7O2/c1-11-8(18)6-17-4-2-7(3-5-17)12-10(19)9-13-15-16-14-9/h7H,2-6H2,1H3,(H,11,18)(H,12,19)(H,13,14,15,16). The van der Waals surface area contributed by atoms with Gasteiger partial charge in [-0.3, -0.25) is 14.5 Å². The molecule has 0 aromatic carbocycles. The third-order valence-electron chi connectivity index (χ3n) is 3.12. The highest BCUT2D eigenvalue weighted by atomic mass is 16.2. The van der Waals surface area contributed by atoms with Crippen LogP contribution < -0.4 is 10.6 Å². The summed E-state index contributed by atoms with van der Waals surface area (Å²) in [4.78, 5) is 25.0. The Kier molecular flexibility index (Phi) is 4.39. The fourth-order valence-electron chi connectivity index (χ4n) is 2.03. The summed E-state index contributed by atoms with van der Waals surface area (Å²) in [5.41, 5.74) is 0. The molecule has 0 unspecified atom stereocenters. The minimum atomic E-state index is -0.321. The minimum Gasteiger partial charge on any atom is -0.358 e. The van der Waals surface area contributed by atoms with Crippen LogP contribution in [0.15, 0.2) is 0 Å². The van der Waals surface area contributed by atoms with Crippen molar-refractivity contribution in [2.75, 3.05) is 26.7 Å². The van der Waals surface area contributed by atoms with Gasteiger partial charge < -0.3 is 10.6 Å². The maximum atomic E-state index is 11.7. The minimum absolute atomic E-state index is 0.00860. The largest absolute Gasteiger partial charge is 0.358 e. The van der Waals surface area contributed by atoms with E-state index in [0.29, 0.717) is 6.54 Å². The molecule has 0 bridgehead atoms. The molecule has 1 aliphatic heterocycles. The van der Waals surface area contributed by atoms with Crippen LogP contribution in [-0.2, 0) is 4.79 Å². The van der Waals surface area contributed by atoms with E-state index in [2.05, 4.69) is 36.2 Å². The van der Waals surface area contributed by atoms with Crippen LogP contribution in [0.3, 0.4) is 0 Å². The van der Waals surface area contributed by atoms with Crippen molar-refractivity contribution in [3.05, 3.63) is 5.82 Å². The number of tetrazole rings is 1. The first kappa shape index (κ1) is 13.4. The Morgan fingerprint density at radius 3 is 2.74 bits per heavy atom. The van der Waals surface area contributed by atoms with Crippen LogP contribution in [0.2, 0.25) is 0 Å². The highest BCUT2D eigenvalue weighted by molar-refractivity contribution is 5.90. The van der Waals surface area contributed by atoms with Gasteiger partial charge in [-0.2, -0.15) is 5.21 Å². The summed E-state index contributed by atoms with van der Waals surface area (Å²) in [5, 5.41) is 18.3. The maximum absolute atomic E-state index is 11.7. The Labute approximate surface area is 110 Å². The van der Waals surface area contributed by atoms with Gasteiger partial charge >= 0.3 is 0 Å². The Morgan fingerprint density at radius 2 is 2.16 bits per heavy atom. The smallest absolute Gasteiger partial charge is 0.293 e. The molecule has 2 heterocycles. The second-order valence-corrected chi connectivity index (χ2v) is 4.43. The van der Waals surface area contributed by atoms with Gasteiger partial charge in [-0.15, -0.1) is 10.2 Å². The number of carbonyl (C=O) groups excluding carboxylic acids is 2. The van der Waals surface area contributed by atoms with Crippen molar-refractivity contribution in [2.24, 2.45) is 0 Å². The molecule has 1 fully saturated rings. The normalized spacial score (nSPS) is 17.1. The van der Waals surface area contributed by atoms with E-state index in [-0.39, 0.29) is 23.7 Å². The lowest BCUT2D eigenvalue weighted by Gasteiger charge is -2.31. The number of nitrogens with zero attached hydrogens (tertiary/aromatic N) is 4. The molecule has 0 saturated carbocycles. The quantitative estimate of drug-likeness (QED) is 0.589. The summed E-state index contributed by atoms with van der Waals surface area (Å²) in [6.07, 6.45) is 1.61. The molecule has 2 rings (SSSR count). The molecule has 1 aromatic heterocycles. The van der Waals surface area contributed by atoms with Crippen LogP contribution in [0.4, 0.5) is 0 Å². The van der Waals surface area contributed by atoms with Crippen LogP contribution in [0.25, 0.3) is 0 Å². The average Bonchev–Trinajstić information content (AvgIpc) is 2.95. The van der Waals surface area contributed by atoms with Gasteiger partial charge in [-0.25, -0.2) is 0 Å². The number of likely N-dealkylation sites (N-methyl/N-ethyl adjacent to an activating group) is 1. The zero-order valence-corrected chi connectivity index (χ0v) is 10.7. The monoisotopic (exact) mass is 267 g/mol. The van der Waals surface area contributed by atoms with Crippen molar-refractivity contribution in [1.82, 2.24) is 36.2 Å². The number of aromatic nitrogens is 4. The van der Waals surface area contributed by atoms with Gasteiger partial charge in [0.05, 0.1) is 6.54 Å². The van der Waals surface area contributed by atoms with Crippen LogP contribution in [-0.4, -0.2) is 70.1 Å². The summed E-state index contributed by atoms with van der Waals surface area (Å²) < 4.78 is 0. The molecule has 3 N–H and O–H groups in total. The first-order valence-corrected chi connectivity index (χ1v) is 6.16. The first-order chi connectivity index (χ1) is 9.19. The van der Waals surface area contributed by atoms with E-state index in [4.69, 9.17) is 0 Å². The molecule has 2 amide bonds. The van der Waals surface area contributed by atoms with E-state index in [0.717, 1.165) is 25.9 Å². The van der Waals surface area contributed by atoms with E-state index < -0.39 is 0 Å². The van der Waals surface area contributed by atoms with Crippen molar-refractivity contribution in [2.45, 2.75) is 18.9 Å². The second kappa shape index (κ2) is 6.23. The number of likely N-dealkylation sites (tertiary alicyclic amines) is 1. The van der Waals surface area contributed by atoms with Crippen molar-refractivity contribution in [1.29, 1.82) is 0 Å². The molecule has 19 heavy (non-hydrogen) atoms. The molecule has 1 aromatic rings. The van der Waals surface area contributed by atoms with Crippen molar-refractivity contribution < 1.29 is 9.59 Å². The number of rotatable bonds is 4. The lowest BCUT2D eigenvalue weighted by atomic mass is 10.0. The molecule has 0 radical (unpaired) electrons. The molecule has 1 aliphatic rings. The zero-order chi connectivity index (χ0) is 13.7. The van der Waals surface area contributed by atoms with Crippen molar-refractivity contribution in [3.8, 4) is 0 Å². The molecule has 0 spiro atoms. The van der Waals surface area contributed by atoms with Crippen LogP contribution in [0.1, 0.15) is 23.5 Å². The predicted molar refractivity (Wildman–Crippen MR) is 65.2 cm³/mol. The summed E-state index contributed by atoms with van der Waals surface area (Å²) in [7, 11) is 1.63. The number of hydrogen-bond donors (Lipinski definition) is 3. The fourth-order valence-corrected chi connectivity index (χ4v) is 2.03. The van der Waals surface area contributed by atoms with Crippen molar-refractivity contribution >= 4 is 11.8 Å². The van der Waals surface area contributed by atoms with Gasteiger partial charge in [0.25, 0.3) is 11.7 Å². The van der Waals surface area contributed by atoms with E-state index in [1.807, 2.05) is 0 Å². The predicted octanol–water partition coefficient (Wildman–Crippen LogP) is -1.86. The van der Waals surface area contributed by atoms with E-state index in [1.165, 1.54) is 0 Å². The van der Waals surface area contributed by atoms with E-state index in [1.54, 1.807) is 7.05 Å². The lowest BCUT2D eigenvalue weighted by Crippen LogP contribution is -2.47. The molecular weight excluding hydrogens is 250 g/mol. The molecule has 0 aliphatic carbocycles. The van der Waals surface area contributed by atoms with Gasteiger partial charge in [-0.05, 0) is 18.1 Å². The third-order valence-corrected chi connectivity index (χ3v) is 3.12. The number of H-pyrrole nitrogens is 1. The Morgan fingerprint density at radius 1 is 1.42 bits per heavy atom. The molecule has 0 atom stereocenters. The Balaban J connectivity index is 1.74. The Bertz CT molecular complexity index is 425. The molecule has 9 heteroatoms. The van der Waals surface area contributed by atoms with Gasteiger partial charge in [0.15, 0.2) is 0 Å². The molecule has 9 nitrogen and oxygen atoms in total. The number of carbonyl (C=O) groups is 2. The Hall–Kier alpha value is -2.03. The van der Waals surface area contributed by atoms with Crippen molar-refractivity contribution in [3.63, 3.8) is 0 Å². The molecular formula is C10H17N7O2. The van der Waals surface area contributed by atoms with Gasteiger partial charge in [0.1, 0.15) is 0 Å². The summed E-state index contributed by atoms with van der Waals surface area (Å²) in [5.74, 6) is -0.263. The van der Waals surface area contributed by atoms with Gasteiger partial charge in [0.2, 0.25) is 5.91 Å². The highest BCUT2D eigenvalue weighted by Crippen LogP contribution is 2.10. The van der Waals surface area contributed by atoms with Gasteiger partial charge in [-0.1, -0.05) is 0 Å². The average molecular weight is 267 g/mol. The summed E-state index contributed by atoms with van der Waals surface area (Å²) >= 11 is 0. The van der Waals surface area contributed by atoms with E-state index in [9.17, 15) is 9.59 Å². The number of nitrogens with one attached hydrogen (secondary N) is 3. The first-order valence-electron chi connectivity index (χ1n) is 6.16. The number of hydrogen-bond acceptors (Lipinski definition) is 6. The number of aromatic amines is 1. The second-order valence-electron chi connectivity index (χ2n) is 4.43. The SMILES string of the molecule is CNC(=O)CN1CCC(NC(=O)c2nn[nH]n2)CC1. The van der Waals surface area contributed by atoms with Gasteiger partial charge in [0, 0.05) is 26.2 Å². The van der Waals surface area contributed by atoms with Crippen LogP contribution >= 0.6 is 0 Å².